The lowest BCUT2D eigenvalue weighted by Gasteiger charge is -2.49. The monoisotopic (exact) mass is 466 g/mol. The van der Waals surface area contributed by atoms with Gasteiger partial charge < -0.3 is 20.7 Å². The number of nitrogen functional groups attached to an aromatic ring is 1. The number of benzene rings is 1. The van der Waals surface area contributed by atoms with Crippen LogP contribution in [-0.4, -0.2) is 42.5 Å². The van der Waals surface area contributed by atoms with Gasteiger partial charge in [-0.05, 0) is 44.4 Å². The maximum absolute atomic E-state index is 15.1. The Morgan fingerprint density at radius 3 is 2.82 bits per heavy atom. The fourth-order valence-corrected chi connectivity index (χ4v) is 6.71. The number of pyridine rings is 1. The molecule has 0 radical (unpaired) electrons. The van der Waals surface area contributed by atoms with Crippen LogP contribution in [0.3, 0.4) is 0 Å². The first-order chi connectivity index (χ1) is 15.9. The number of hydrogen-bond donors (Lipinski definition) is 2. The highest BCUT2D eigenvalue weighted by molar-refractivity contribution is 7.21. The zero-order chi connectivity index (χ0) is 22.9. The number of thiophene rings is 1. The summed E-state index contributed by atoms with van der Waals surface area (Å²) in [5, 5.41) is 4.36. The molecular formula is C25H27FN4O2S. The van der Waals surface area contributed by atoms with E-state index in [0.29, 0.717) is 47.0 Å². The van der Waals surface area contributed by atoms with E-state index in [1.165, 1.54) is 17.8 Å². The maximum Gasteiger partial charge on any atom is 0.175 e. The molecule has 33 heavy (non-hydrogen) atoms. The molecule has 1 aromatic carbocycles. The number of ether oxygens (including phenoxy) is 1. The lowest BCUT2D eigenvalue weighted by atomic mass is 9.89. The number of fused-ring (bicyclic) bond motifs is 4. The van der Waals surface area contributed by atoms with E-state index in [-0.39, 0.29) is 23.9 Å². The lowest BCUT2D eigenvalue weighted by molar-refractivity contribution is 0.0938. The molecule has 3 aromatic rings. The van der Waals surface area contributed by atoms with Crippen molar-refractivity contribution in [3.05, 3.63) is 45.7 Å². The summed E-state index contributed by atoms with van der Waals surface area (Å²) < 4.78 is 21.1. The van der Waals surface area contributed by atoms with Crippen molar-refractivity contribution >= 4 is 38.7 Å². The van der Waals surface area contributed by atoms with E-state index in [2.05, 4.69) is 15.2 Å². The predicted octanol–water partition coefficient (Wildman–Crippen LogP) is 4.01. The molecule has 0 spiro atoms. The third-order valence-electron chi connectivity index (χ3n) is 7.15. The second-order valence-corrected chi connectivity index (χ2v) is 10.7. The van der Waals surface area contributed by atoms with Gasteiger partial charge in [-0.25, -0.2) is 9.37 Å². The molecule has 7 rings (SSSR count). The van der Waals surface area contributed by atoms with Gasteiger partial charge in [0.25, 0.3) is 0 Å². The van der Waals surface area contributed by atoms with Crippen molar-refractivity contribution in [1.82, 2.24) is 10.3 Å². The number of aromatic nitrogens is 1. The molecule has 3 fully saturated rings. The molecule has 0 amide bonds. The third kappa shape index (κ3) is 3.56. The second-order valence-electron chi connectivity index (χ2n) is 9.72. The summed E-state index contributed by atoms with van der Waals surface area (Å²) in [7, 11) is 0. The average molecular weight is 467 g/mol. The van der Waals surface area contributed by atoms with Gasteiger partial charge in [-0.2, -0.15) is 0 Å². The van der Waals surface area contributed by atoms with Crippen LogP contribution < -0.4 is 20.7 Å². The quantitative estimate of drug-likeness (QED) is 0.566. The summed E-state index contributed by atoms with van der Waals surface area (Å²) in [5.74, 6) is 0.250. The van der Waals surface area contributed by atoms with E-state index in [4.69, 9.17) is 10.5 Å². The molecule has 3 atom stereocenters. The number of carbonyl (C=O) groups excluding carboxylic acids is 1. The van der Waals surface area contributed by atoms with E-state index in [9.17, 15) is 4.79 Å². The Hall–Kier alpha value is -2.71. The van der Waals surface area contributed by atoms with Crippen LogP contribution in [0, 0.1) is 25.6 Å². The number of piperidine rings is 1. The van der Waals surface area contributed by atoms with Crippen molar-refractivity contribution in [2.24, 2.45) is 5.92 Å². The van der Waals surface area contributed by atoms with Gasteiger partial charge in [-0.1, -0.05) is 0 Å². The Kier molecular flexibility index (Phi) is 4.85. The predicted molar refractivity (Wildman–Crippen MR) is 129 cm³/mol. The minimum absolute atomic E-state index is 0.0262. The largest absolute Gasteiger partial charge is 0.493 e. The average Bonchev–Trinajstić information content (AvgIpc) is 3.10. The molecule has 3 saturated heterocycles. The molecule has 3 N–H and O–H groups in total. The fourth-order valence-electron chi connectivity index (χ4n) is 5.55. The number of ketones is 1. The summed E-state index contributed by atoms with van der Waals surface area (Å²) in [6.07, 6.45) is 1.97. The van der Waals surface area contributed by atoms with Gasteiger partial charge in [0.2, 0.25) is 0 Å². The van der Waals surface area contributed by atoms with Crippen LogP contribution in [0.4, 0.5) is 15.8 Å². The van der Waals surface area contributed by atoms with Crippen molar-refractivity contribution in [2.45, 2.75) is 45.2 Å². The molecule has 2 bridgehead atoms. The van der Waals surface area contributed by atoms with Gasteiger partial charge in [0.1, 0.15) is 16.4 Å². The first-order valence-electron chi connectivity index (χ1n) is 11.5. The highest BCUT2D eigenvalue weighted by Crippen LogP contribution is 2.39. The Bertz CT molecular complexity index is 1270. The van der Waals surface area contributed by atoms with E-state index in [0.717, 1.165) is 40.3 Å². The second kappa shape index (κ2) is 7.67. The van der Waals surface area contributed by atoms with E-state index in [1.807, 2.05) is 26.0 Å². The first kappa shape index (κ1) is 20.9. The minimum atomic E-state index is -0.247. The van der Waals surface area contributed by atoms with Gasteiger partial charge >= 0.3 is 0 Å². The van der Waals surface area contributed by atoms with Gasteiger partial charge in [-0.3, -0.25) is 4.79 Å². The molecule has 2 unspecified atom stereocenters. The highest BCUT2D eigenvalue weighted by Gasteiger charge is 2.37. The molecule has 0 aliphatic carbocycles. The number of aryl methyl sites for hydroxylation is 2. The van der Waals surface area contributed by atoms with Gasteiger partial charge in [0.15, 0.2) is 5.78 Å². The smallest absolute Gasteiger partial charge is 0.175 e. The van der Waals surface area contributed by atoms with Crippen LogP contribution in [0.25, 0.3) is 10.2 Å². The Balaban J connectivity index is 1.20. The molecule has 8 heteroatoms. The number of piperazine rings is 1. The number of halogens is 1. The highest BCUT2D eigenvalue weighted by atomic mass is 32.1. The number of nitrogens with two attached hydrogens (primary N) is 1. The van der Waals surface area contributed by atoms with Gasteiger partial charge in [-0.15, -0.1) is 11.3 Å². The molecule has 172 valence electrons. The van der Waals surface area contributed by atoms with Crippen molar-refractivity contribution < 1.29 is 13.9 Å². The van der Waals surface area contributed by atoms with Gasteiger partial charge in [0, 0.05) is 65.9 Å². The van der Waals surface area contributed by atoms with Crippen LogP contribution >= 0.6 is 11.3 Å². The van der Waals surface area contributed by atoms with Crippen LogP contribution in [0.1, 0.15) is 39.3 Å². The molecule has 6 nitrogen and oxygen atoms in total. The van der Waals surface area contributed by atoms with Gasteiger partial charge in [0.05, 0.1) is 17.2 Å². The van der Waals surface area contributed by atoms with Crippen molar-refractivity contribution in [2.75, 3.05) is 30.3 Å². The lowest BCUT2D eigenvalue weighted by Crippen LogP contribution is -2.67. The molecule has 6 heterocycles. The van der Waals surface area contributed by atoms with Crippen molar-refractivity contribution in [3.63, 3.8) is 0 Å². The van der Waals surface area contributed by atoms with Crippen LogP contribution in [0.5, 0.6) is 5.75 Å². The molecule has 4 aliphatic rings. The van der Waals surface area contributed by atoms with E-state index < -0.39 is 0 Å². The normalized spacial score (nSPS) is 23.7. The molecule has 0 saturated carbocycles. The topological polar surface area (TPSA) is 80.5 Å². The Morgan fingerprint density at radius 2 is 2.06 bits per heavy atom. The Morgan fingerprint density at radius 1 is 1.30 bits per heavy atom. The Labute approximate surface area is 195 Å². The number of nitrogens with zero attached hydrogens (tertiary/aromatic N) is 2. The maximum atomic E-state index is 15.1. The molecule has 2 aromatic heterocycles. The van der Waals surface area contributed by atoms with Crippen LogP contribution in [0.2, 0.25) is 0 Å². The number of carbonyl (C=O) groups is 1. The first-order valence-corrected chi connectivity index (χ1v) is 12.3. The number of rotatable bonds is 4. The molecular weight excluding hydrogens is 439 g/mol. The van der Waals surface area contributed by atoms with Crippen LogP contribution in [0.15, 0.2) is 18.2 Å². The van der Waals surface area contributed by atoms with Crippen LogP contribution in [-0.2, 0) is 6.42 Å². The third-order valence-corrected chi connectivity index (χ3v) is 8.29. The SMILES string of the molecule is Cc1cc(C)c2c(N)c(C(=O)C[C@H]3COc4cc(N5CC6CC(C5)N6)cc(F)c4C3)sc2n1. The summed E-state index contributed by atoms with van der Waals surface area (Å²) in [6, 6.07) is 6.57. The summed E-state index contributed by atoms with van der Waals surface area (Å²) >= 11 is 1.35. The zero-order valence-corrected chi connectivity index (χ0v) is 19.6. The number of anilines is 2. The molecule has 4 aliphatic heterocycles. The fraction of sp³-hybridized carbons (Fsp3) is 0.440. The summed E-state index contributed by atoms with van der Waals surface area (Å²) in [6.45, 7) is 6.12. The number of nitrogens with one attached hydrogen (secondary N) is 1. The summed E-state index contributed by atoms with van der Waals surface area (Å²) in [5.41, 5.74) is 10.2. The van der Waals surface area contributed by atoms with Crippen molar-refractivity contribution in [3.8, 4) is 5.75 Å². The van der Waals surface area contributed by atoms with E-state index >= 15 is 4.39 Å². The number of hydrogen-bond acceptors (Lipinski definition) is 7. The zero-order valence-electron chi connectivity index (χ0n) is 18.8. The minimum Gasteiger partial charge on any atom is -0.493 e. The summed E-state index contributed by atoms with van der Waals surface area (Å²) in [4.78, 5) is 21.3. The van der Waals surface area contributed by atoms with E-state index in [1.54, 1.807) is 6.07 Å². The van der Waals surface area contributed by atoms with Crippen molar-refractivity contribution in [1.29, 1.82) is 0 Å². The standard InChI is InChI=1S/C25H27FN4O2S/c1-12-3-13(2)28-25-22(12)23(27)24(33-25)20(31)5-14-4-18-19(26)7-17(8-21(18)32-11-14)30-9-15-6-16(10-30)29-15/h3,7-8,14-16,29H,4-6,9-11,27H2,1-2H3/t14-,15?,16?/m0/s1. The number of Topliss-reactive ketones (excluding diaryl/α,β-unsaturated/α-hetero) is 1.